The quantitative estimate of drug-likeness (QED) is 0.862. The van der Waals surface area contributed by atoms with Crippen LogP contribution >= 0.6 is 0 Å². The van der Waals surface area contributed by atoms with Crippen LogP contribution in [-0.2, 0) is 4.74 Å². The number of rotatable bonds is 6. The van der Waals surface area contributed by atoms with E-state index in [0.717, 1.165) is 23.8 Å². The van der Waals surface area contributed by atoms with Crippen molar-refractivity contribution >= 4 is 11.6 Å². The molecule has 0 fully saturated rings. The molecule has 1 aromatic heterocycles. The van der Waals surface area contributed by atoms with Crippen LogP contribution in [0.2, 0.25) is 0 Å². The number of hydrogen-bond acceptors (Lipinski definition) is 3. The Kier molecular flexibility index (Phi) is 4.58. The second-order valence-corrected chi connectivity index (χ2v) is 4.62. The first-order chi connectivity index (χ1) is 9.24. The van der Waals surface area contributed by atoms with E-state index in [9.17, 15) is 0 Å². The van der Waals surface area contributed by atoms with Gasteiger partial charge in [-0.25, -0.2) is 4.98 Å². The molecule has 0 spiro atoms. The first kappa shape index (κ1) is 13.6. The molecule has 0 aliphatic carbocycles. The molecule has 0 aliphatic heterocycles. The van der Waals surface area contributed by atoms with E-state index in [1.165, 1.54) is 0 Å². The molecule has 0 saturated carbocycles. The molecule has 0 bridgehead atoms. The number of nitrogens with zero attached hydrogens (tertiary/aromatic N) is 2. The summed E-state index contributed by atoms with van der Waals surface area (Å²) < 4.78 is 7.45. The fraction of sp³-hybridized carbons (Fsp3) is 0.400. The van der Waals surface area contributed by atoms with E-state index in [1.807, 2.05) is 37.3 Å². The van der Waals surface area contributed by atoms with Crippen LogP contribution in [0.25, 0.3) is 0 Å². The lowest BCUT2D eigenvalue weighted by atomic mass is 10.2. The van der Waals surface area contributed by atoms with Gasteiger partial charge in [0.05, 0.1) is 18.3 Å². The van der Waals surface area contributed by atoms with Crippen LogP contribution in [0.4, 0.5) is 11.6 Å². The van der Waals surface area contributed by atoms with Crippen molar-refractivity contribution in [3.05, 3.63) is 42.2 Å². The number of ether oxygens (including phenoxy) is 1. The highest BCUT2D eigenvalue weighted by Gasteiger charge is 2.14. The average Bonchev–Trinajstić information content (AvgIpc) is 2.78. The molecule has 1 unspecified atom stereocenters. The summed E-state index contributed by atoms with van der Waals surface area (Å²) in [5, 5.41) is 3.36. The van der Waals surface area contributed by atoms with Crippen LogP contribution in [0.15, 0.2) is 36.5 Å². The van der Waals surface area contributed by atoms with E-state index in [0.29, 0.717) is 12.6 Å². The molecule has 19 heavy (non-hydrogen) atoms. The van der Waals surface area contributed by atoms with Crippen molar-refractivity contribution in [1.82, 2.24) is 9.55 Å². The first-order valence-corrected chi connectivity index (χ1v) is 6.61. The zero-order valence-electron chi connectivity index (χ0n) is 11.8. The Morgan fingerprint density at radius 1 is 1.32 bits per heavy atom. The topological polar surface area (TPSA) is 39.1 Å². The second kappa shape index (κ2) is 6.38. The molecule has 1 atom stereocenters. The molecule has 0 aliphatic rings. The molecular weight excluding hydrogens is 238 g/mol. The van der Waals surface area contributed by atoms with E-state index in [-0.39, 0.29) is 0 Å². The zero-order chi connectivity index (χ0) is 13.7. The predicted octanol–water partition coefficient (Wildman–Crippen LogP) is 3.53. The number of para-hydroxylation sites is 1. The van der Waals surface area contributed by atoms with Crippen molar-refractivity contribution in [2.75, 3.05) is 19.0 Å². The molecule has 1 N–H and O–H groups in total. The summed E-state index contributed by atoms with van der Waals surface area (Å²) in [6.45, 7) is 4.85. The molecule has 1 aromatic carbocycles. The summed E-state index contributed by atoms with van der Waals surface area (Å²) >= 11 is 0. The van der Waals surface area contributed by atoms with Gasteiger partial charge in [-0.1, -0.05) is 25.1 Å². The first-order valence-electron chi connectivity index (χ1n) is 6.61. The second-order valence-electron chi connectivity index (χ2n) is 4.62. The smallest absolute Gasteiger partial charge is 0.207 e. The van der Waals surface area contributed by atoms with Crippen molar-refractivity contribution in [2.24, 2.45) is 0 Å². The van der Waals surface area contributed by atoms with Gasteiger partial charge >= 0.3 is 0 Å². The van der Waals surface area contributed by atoms with Gasteiger partial charge < -0.3 is 14.6 Å². The average molecular weight is 259 g/mol. The standard InChI is InChI=1S/C15H21N3O/c1-4-14(11-19-3)18-10-12(2)16-15(18)17-13-8-6-5-7-9-13/h5-10,14H,4,11H2,1-3H3,(H,16,17). The number of benzene rings is 1. The van der Waals surface area contributed by atoms with Crippen LogP contribution in [0.5, 0.6) is 0 Å². The number of hydrogen-bond donors (Lipinski definition) is 1. The van der Waals surface area contributed by atoms with E-state index in [1.54, 1.807) is 7.11 Å². The zero-order valence-corrected chi connectivity index (χ0v) is 11.8. The number of anilines is 2. The third kappa shape index (κ3) is 3.35. The van der Waals surface area contributed by atoms with Crippen LogP contribution in [0.3, 0.4) is 0 Å². The van der Waals surface area contributed by atoms with E-state index < -0.39 is 0 Å². The van der Waals surface area contributed by atoms with Crippen LogP contribution in [0.1, 0.15) is 25.1 Å². The Morgan fingerprint density at radius 2 is 2.05 bits per heavy atom. The minimum atomic E-state index is 0.303. The van der Waals surface area contributed by atoms with Crippen molar-refractivity contribution in [3.8, 4) is 0 Å². The number of methoxy groups -OCH3 is 1. The monoisotopic (exact) mass is 259 g/mol. The van der Waals surface area contributed by atoms with Gasteiger partial charge in [-0.3, -0.25) is 0 Å². The van der Waals surface area contributed by atoms with Gasteiger partial charge in [0.2, 0.25) is 5.95 Å². The third-order valence-corrected chi connectivity index (χ3v) is 3.11. The van der Waals surface area contributed by atoms with Crippen molar-refractivity contribution in [2.45, 2.75) is 26.3 Å². The Bertz CT molecular complexity index is 507. The van der Waals surface area contributed by atoms with Gasteiger partial charge in [0, 0.05) is 19.0 Å². The van der Waals surface area contributed by atoms with E-state index in [2.05, 4.69) is 28.0 Å². The Labute approximate surface area is 114 Å². The van der Waals surface area contributed by atoms with Gasteiger partial charge in [-0.15, -0.1) is 0 Å². The van der Waals surface area contributed by atoms with E-state index >= 15 is 0 Å². The third-order valence-electron chi connectivity index (χ3n) is 3.11. The molecule has 2 aromatic rings. The van der Waals surface area contributed by atoms with Gasteiger partial charge in [-0.05, 0) is 25.5 Å². The molecule has 0 radical (unpaired) electrons. The summed E-state index contributed by atoms with van der Waals surface area (Å²) in [6.07, 6.45) is 3.07. The molecule has 0 saturated heterocycles. The fourth-order valence-electron chi connectivity index (χ4n) is 2.12. The normalized spacial score (nSPS) is 12.4. The van der Waals surface area contributed by atoms with Crippen molar-refractivity contribution in [1.29, 1.82) is 0 Å². The number of aromatic nitrogens is 2. The lowest BCUT2D eigenvalue weighted by Crippen LogP contribution is -2.15. The molecule has 0 amide bonds. The minimum Gasteiger partial charge on any atom is -0.383 e. The highest BCUT2D eigenvalue weighted by atomic mass is 16.5. The molecule has 2 rings (SSSR count). The summed E-state index contributed by atoms with van der Waals surface area (Å²) in [4.78, 5) is 4.55. The summed E-state index contributed by atoms with van der Waals surface area (Å²) in [5.41, 5.74) is 2.05. The van der Waals surface area contributed by atoms with Gasteiger partial charge in [-0.2, -0.15) is 0 Å². The molecule has 1 heterocycles. The molecule has 4 nitrogen and oxygen atoms in total. The Hall–Kier alpha value is -1.81. The van der Waals surface area contributed by atoms with Gasteiger partial charge in [0.15, 0.2) is 0 Å². The summed E-state index contributed by atoms with van der Waals surface area (Å²) in [5.74, 6) is 0.868. The van der Waals surface area contributed by atoms with Crippen LogP contribution in [-0.4, -0.2) is 23.3 Å². The maximum absolute atomic E-state index is 5.29. The SMILES string of the molecule is CCC(COC)n1cc(C)nc1Nc1ccccc1. The number of aryl methyl sites for hydroxylation is 1. The Balaban J connectivity index is 2.25. The predicted molar refractivity (Wildman–Crippen MR) is 77.9 cm³/mol. The highest BCUT2D eigenvalue weighted by molar-refractivity contribution is 5.53. The van der Waals surface area contributed by atoms with Crippen LogP contribution in [0, 0.1) is 6.92 Å². The van der Waals surface area contributed by atoms with Gasteiger partial charge in [0.25, 0.3) is 0 Å². The summed E-state index contributed by atoms with van der Waals surface area (Å²) in [7, 11) is 1.73. The van der Waals surface area contributed by atoms with Crippen molar-refractivity contribution in [3.63, 3.8) is 0 Å². The lowest BCUT2D eigenvalue weighted by Gasteiger charge is -2.18. The van der Waals surface area contributed by atoms with Crippen molar-refractivity contribution < 1.29 is 4.74 Å². The maximum atomic E-state index is 5.29. The molecule has 102 valence electrons. The number of nitrogens with one attached hydrogen (secondary N) is 1. The summed E-state index contributed by atoms with van der Waals surface area (Å²) in [6, 6.07) is 10.4. The number of imidazole rings is 1. The van der Waals surface area contributed by atoms with E-state index in [4.69, 9.17) is 4.74 Å². The maximum Gasteiger partial charge on any atom is 0.207 e. The largest absolute Gasteiger partial charge is 0.383 e. The lowest BCUT2D eigenvalue weighted by molar-refractivity contribution is 0.154. The van der Waals surface area contributed by atoms with Gasteiger partial charge in [0.1, 0.15) is 0 Å². The molecule has 4 heteroatoms. The molecular formula is C15H21N3O. The minimum absolute atomic E-state index is 0.303. The Morgan fingerprint density at radius 3 is 2.68 bits per heavy atom. The fourth-order valence-corrected chi connectivity index (χ4v) is 2.12. The highest BCUT2D eigenvalue weighted by Crippen LogP contribution is 2.22. The van der Waals surface area contributed by atoms with Crippen LogP contribution < -0.4 is 5.32 Å².